The van der Waals surface area contributed by atoms with E-state index in [9.17, 15) is 13.2 Å². The van der Waals surface area contributed by atoms with Gasteiger partial charge in [0.1, 0.15) is 10.3 Å². The molecule has 1 aromatic carbocycles. The van der Waals surface area contributed by atoms with E-state index in [2.05, 4.69) is 36.9 Å². The fraction of sp³-hybridized carbons (Fsp3) is 0.500. The molecular weight excluding hydrogens is 524 g/mol. The van der Waals surface area contributed by atoms with Crippen molar-refractivity contribution in [1.29, 1.82) is 0 Å². The molecule has 0 spiro atoms. The second-order valence-electron chi connectivity index (χ2n) is 9.34. The molecule has 0 radical (unpaired) electrons. The normalized spacial score (nSPS) is 20.2. The van der Waals surface area contributed by atoms with Gasteiger partial charge in [-0.25, -0.2) is 13.4 Å². The first-order chi connectivity index (χ1) is 16.8. The van der Waals surface area contributed by atoms with Crippen molar-refractivity contribution < 1.29 is 13.2 Å². The number of thiophene rings is 1. The van der Waals surface area contributed by atoms with E-state index in [1.54, 1.807) is 17.4 Å². The Hall–Kier alpha value is -1.72. The van der Waals surface area contributed by atoms with Crippen molar-refractivity contribution in [1.82, 2.24) is 14.2 Å². The highest BCUT2D eigenvalue weighted by Crippen LogP contribution is 2.35. The Morgan fingerprint density at radius 2 is 1.83 bits per heavy atom. The van der Waals surface area contributed by atoms with Gasteiger partial charge in [0, 0.05) is 32.7 Å². The summed E-state index contributed by atoms with van der Waals surface area (Å²) in [6.45, 7) is 7.20. The number of carbonyl (C=O) groups is 1. The number of nitrogens with zero attached hydrogens (tertiary/aromatic N) is 4. The Kier molecular flexibility index (Phi) is 7.11. The molecule has 1 atom stereocenters. The predicted octanol–water partition coefficient (Wildman–Crippen LogP) is 5.03. The SMILES string of the molecule is CC(C)c1cccc2sc(N3CCN(C(=O)C4CCCCN4S(=O)(=O)c4ccc(Cl)s4)CC3)nc12. The van der Waals surface area contributed by atoms with Crippen LogP contribution in [-0.4, -0.2) is 67.3 Å². The quantitative estimate of drug-likeness (QED) is 0.444. The highest BCUT2D eigenvalue weighted by Gasteiger charge is 2.40. The molecule has 2 aliphatic heterocycles. The molecule has 2 aromatic heterocycles. The third-order valence-corrected chi connectivity index (χ3v) is 11.5. The number of para-hydroxylation sites is 1. The number of thiazole rings is 1. The van der Waals surface area contributed by atoms with Crippen molar-refractivity contribution in [2.45, 2.75) is 49.3 Å². The summed E-state index contributed by atoms with van der Waals surface area (Å²) in [5.41, 5.74) is 2.32. The molecule has 2 aliphatic rings. The van der Waals surface area contributed by atoms with Gasteiger partial charge in [0.2, 0.25) is 5.91 Å². The van der Waals surface area contributed by atoms with Gasteiger partial charge in [0.15, 0.2) is 5.13 Å². The van der Waals surface area contributed by atoms with Crippen molar-refractivity contribution >= 4 is 65.6 Å². The fourth-order valence-corrected chi connectivity index (χ4v) is 9.19. The largest absolute Gasteiger partial charge is 0.345 e. The van der Waals surface area contributed by atoms with Crippen LogP contribution in [0.15, 0.2) is 34.5 Å². The number of carbonyl (C=O) groups excluding carboxylic acids is 1. The van der Waals surface area contributed by atoms with Gasteiger partial charge in [-0.2, -0.15) is 4.31 Å². The van der Waals surface area contributed by atoms with E-state index in [0.29, 0.717) is 49.4 Å². The Bertz CT molecular complexity index is 1330. The molecule has 2 saturated heterocycles. The smallest absolute Gasteiger partial charge is 0.253 e. The number of rotatable bonds is 5. The lowest BCUT2D eigenvalue weighted by atomic mass is 10.0. The molecule has 0 aliphatic carbocycles. The van der Waals surface area contributed by atoms with E-state index in [0.717, 1.165) is 34.8 Å². The number of halogens is 1. The van der Waals surface area contributed by atoms with Crippen molar-refractivity contribution in [3.05, 3.63) is 40.2 Å². The molecular formula is C24H29ClN4O3S3. The van der Waals surface area contributed by atoms with Crippen LogP contribution < -0.4 is 4.90 Å². The maximum atomic E-state index is 13.5. The number of anilines is 1. The van der Waals surface area contributed by atoms with E-state index >= 15 is 0 Å². The van der Waals surface area contributed by atoms with E-state index in [1.807, 2.05) is 4.90 Å². The van der Waals surface area contributed by atoms with Gasteiger partial charge in [-0.1, -0.05) is 55.3 Å². The number of piperazine rings is 1. The highest BCUT2D eigenvalue weighted by molar-refractivity contribution is 7.91. The molecule has 0 N–H and O–H groups in total. The van der Waals surface area contributed by atoms with Crippen LogP contribution >= 0.6 is 34.3 Å². The first kappa shape index (κ1) is 25.0. The zero-order valence-electron chi connectivity index (χ0n) is 19.8. The van der Waals surface area contributed by atoms with Gasteiger partial charge in [-0.05, 0) is 42.5 Å². The summed E-state index contributed by atoms with van der Waals surface area (Å²) in [6, 6.07) is 8.80. The molecule has 1 unspecified atom stereocenters. The van der Waals surface area contributed by atoms with Gasteiger partial charge in [0.05, 0.1) is 14.6 Å². The van der Waals surface area contributed by atoms with Gasteiger partial charge in [-0.3, -0.25) is 4.79 Å². The molecule has 1 amide bonds. The Balaban J connectivity index is 1.29. The number of sulfonamides is 1. The topological polar surface area (TPSA) is 73.8 Å². The lowest BCUT2D eigenvalue weighted by molar-refractivity contribution is -0.136. The third-order valence-electron chi connectivity index (χ3n) is 6.77. The monoisotopic (exact) mass is 552 g/mol. The van der Waals surface area contributed by atoms with Gasteiger partial charge >= 0.3 is 0 Å². The minimum absolute atomic E-state index is 0.0954. The summed E-state index contributed by atoms with van der Waals surface area (Å²) in [4.78, 5) is 22.5. The summed E-state index contributed by atoms with van der Waals surface area (Å²) in [5, 5.41) is 0.983. The van der Waals surface area contributed by atoms with Gasteiger partial charge in [0.25, 0.3) is 10.0 Å². The number of fused-ring (bicyclic) bond motifs is 1. The first-order valence-electron chi connectivity index (χ1n) is 12.0. The van der Waals surface area contributed by atoms with Crippen molar-refractivity contribution in [3.8, 4) is 0 Å². The minimum atomic E-state index is -3.75. The minimum Gasteiger partial charge on any atom is -0.345 e. The van der Waals surface area contributed by atoms with Crippen LogP contribution in [0.25, 0.3) is 10.2 Å². The van der Waals surface area contributed by atoms with Crippen LogP contribution in [0.3, 0.4) is 0 Å². The van der Waals surface area contributed by atoms with E-state index in [-0.39, 0.29) is 10.1 Å². The zero-order valence-corrected chi connectivity index (χ0v) is 23.0. The van der Waals surface area contributed by atoms with Crippen LogP contribution in [0.4, 0.5) is 5.13 Å². The lowest BCUT2D eigenvalue weighted by Gasteiger charge is -2.40. The van der Waals surface area contributed by atoms with Crippen LogP contribution in [-0.2, 0) is 14.8 Å². The summed E-state index contributed by atoms with van der Waals surface area (Å²) in [7, 11) is -3.75. The number of benzene rings is 1. The second kappa shape index (κ2) is 9.97. The summed E-state index contributed by atoms with van der Waals surface area (Å²) >= 11 is 8.72. The molecule has 188 valence electrons. The summed E-state index contributed by atoms with van der Waals surface area (Å²) < 4.78 is 29.8. The Labute approximate surface area is 219 Å². The van der Waals surface area contributed by atoms with Crippen LogP contribution in [0.1, 0.15) is 44.6 Å². The molecule has 35 heavy (non-hydrogen) atoms. The number of hydrogen-bond acceptors (Lipinski definition) is 7. The van der Waals surface area contributed by atoms with Crippen LogP contribution in [0.5, 0.6) is 0 Å². The maximum absolute atomic E-state index is 13.5. The molecule has 7 nitrogen and oxygen atoms in total. The summed E-state index contributed by atoms with van der Waals surface area (Å²) in [5.74, 6) is 0.310. The van der Waals surface area contributed by atoms with Crippen LogP contribution in [0, 0.1) is 0 Å². The molecule has 0 bridgehead atoms. The number of piperidine rings is 1. The number of amides is 1. The average Bonchev–Trinajstić information content (AvgIpc) is 3.50. The molecule has 3 aromatic rings. The highest BCUT2D eigenvalue weighted by atomic mass is 35.5. The molecule has 0 saturated carbocycles. The molecule has 5 rings (SSSR count). The maximum Gasteiger partial charge on any atom is 0.253 e. The van der Waals surface area contributed by atoms with E-state index in [4.69, 9.17) is 16.6 Å². The Morgan fingerprint density at radius 3 is 2.51 bits per heavy atom. The number of hydrogen-bond donors (Lipinski definition) is 0. The third kappa shape index (κ3) is 4.83. The van der Waals surface area contributed by atoms with Crippen molar-refractivity contribution in [3.63, 3.8) is 0 Å². The van der Waals surface area contributed by atoms with Crippen molar-refractivity contribution in [2.75, 3.05) is 37.6 Å². The zero-order chi connectivity index (χ0) is 24.7. The van der Waals surface area contributed by atoms with Gasteiger partial charge in [-0.15, -0.1) is 11.3 Å². The molecule has 11 heteroatoms. The second-order valence-corrected chi connectivity index (χ2v) is 14.2. The van der Waals surface area contributed by atoms with E-state index in [1.165, 1.54) is 20.6 Å². The number of aromatic nitrogens is 1. The average molecular weight is 553 g/mol. The van der Waals surface area contributed by atoms with E-state index < -0.39 is 16.1 Å². The lowest BCUT2D eigenvalue weighted by Crippen LogP contribution is -2.57. The standard InChI is InChI=1S/C24H29ClN4O3S3/c1-16(2)17-6-5-8-19-22(17)26-24(33-19)28-14-12-27(13-15-28)23(30)18-7-3-4-11-29(18)35(31,32)21-10-9-20(25)34-21/h5-6,8-10,16,18H,3-4,7,11-15H2,1-2H3. The van der Waals surface area contributed by atoms with Crippen LogP contribution in [0.2, 0.25) is 4.34 Å². The Morgan fingerprint density at radius 1 is 1.06 bits per heavy atom. The van der Waals surface area contributed by atoms with Gasteiger partial charge < -0.3 is 9.80 Å². The molecule has 2 fully saturated rings. The first-order valence-corrected chi connectivity index (χ1v) is 15.4. The summed E-state index contributed by atoms with van der Waals surface area (Å²) in [6.07, 6.45) is 2.15. The fourth-order valence-electron chi connectivity index (χ4n) is 4.88. The van der Waals surface area contributed by atoms with Crippen molar-refractivity contribution in [2.24, 2.45) is 0 Å². The predicted molar refractivity (Wildman–Crippen MR) is 143 cm³/mol. The molecule has 4 heterocycles.